The number of hydrazone groups is 1. The second kappa shape index (κ2) is 10.4. The molecule has 0 bridgehead atoms. The summed E-state index contributed by atoms with van der Waals surface area (Å²) in [6.45, 7) is 3.71. The minimum atomic E-state index is -0.539. The molecule has 0 aliphatic rings. The Morgan fingerprint density at radius 2 is 1.65 bits per heavy atom. The van der Waals surface area contributed by atoms with Gasteiger partial charge in [-0.3, -0.25) is 4.79 Å². The Bertz CT molecular complexity index is 1090. The van der Waals surface area contributed by atoms with Gasteiger partial charge in [0.2, 0.25) is 0 Å². The summed E-state index contributed by atoms with van der Waals surface area (Å²) in [5, 5.41) is 4.25. The molecule has 1 N–H and O–H groups in total. The van der Waals surface area contributed by atoms with Crippen molar-refractivity contribution >= 4 is 29.7 Å². The third kappa shape index (κ3) is 6.17. The van der Waals surface area contributed by atoms with E-state index < -0.39 is 5.97 Å². The van der Waals surface area contributed by atoms with E-state index in [4.69, 9.17) is 21.1 Å². The molecule has 0 saturated carbocycles. The molecule has 0 fully saturated rings. The van der Waals surface area contributed by atoms with Crippen molar-refractivity contribution in [2.45, 2.75) is 13.8 Å². The van der Waals surface area contributed by atoms with Crippen LogP contribution in [0.2, 0.25) is 5.02 Å². The summed E-state index contributed by atoms with van der Waals surface area (Å²) in [6.07, 6.45) is 1.48. The Morgan fingerprint density at radius 1 is 0.968 bits per heavy atom. The molecule has 0 unspecified atom stereocenters. The van der Waals surface area contributed by atoms with Gasteiger partial charge in [-0.1, -0.05) is 41.9 Å². The number of nitrogens with one attached hydrogen (secondary N) is 1. The lowest BCUT2D eigenvalue weighted by atomic mass is 10.1. The quantitative estimate of drug-likeness (QED) is 0.252. The molecular weight excluding hydrogens is 416 g/mol. The first-order chi connectivity index (χ1) is 14.9. The fraction of sp³-hybridized carbons (Fsp3) is 0.125. The van der Waals surface area contributed by atoms with Crippen molar-refractivity contribution in [3.05, 3.63) is 94.0 Å². The summed E-state index contributed by atoms with van der Waals surface area (Å²) in [5.41, 5.74) is 5.36. The van der Waals surface area contributed by atoms with Gasteiger partial charge in [-0.05, 0) is 66.9 Å². The molecule has 3 aromatic rings. The van der Waals surface area contributed by atoms with E-state index in [0.29, 0.717) is 27.6 Å². The molecule has 0 aliphatic heterocycles. The molecule has 0 atom stereocenters. The van der Waals surface area contributed by atoms with Gasteiger partial charge in [0, 0.05) is 0 Å². The highest BCUT2D eigenvalue weighted by molar-refractivity contribution is 6.33. The van der Waals surface area contributed by atoms with Crippen LogP contribution in [-0.4, -0.2) is 24.7 Å². The van der Waals surface area contributed by atoms with E-state index in [1.165, 1.54) is 6.21 Å². The number of hydrogen-bond donors (Lipinski definition) is 1. The second-order valence-electron chi connectivity index (χ2n) is 6.74. The molecule has 0 aliphatic carbocycles. The number of hydrogen-bond acceptors (Lipinski definition) is 5. The van der Waals surface area contributed by atoms with Crippen molar-refractivity contribution in [1.29, 1.82) is 0 Å². The fourth-order valence-corrected chi connectivity index (χ4v) is 3.00. The smallest absolute Gasteiger partial charge is 0.345 e. The van der Waals surface area contributed by atoms with Crippen LogP contribution in [0.4, 0.5) is 0 Å². The molecule has 7 heteroatoms. The number of amides is 1. The number of ether oxygens (including phenoxy) is 2. The van der Waals surface area contributed by atoms with E-state index in [2.05, 4.69) is 10.5 Å². The molecule has 0 spiro atoms. The van der Waals surface area contributed by atoms with Crippen LogP contribution >= 0.6 is 11.6 Å². The Labute approximate surface area is 185 Å². The van der Waals surface area contributed by atoms with E-state index in [0.717, 1.165) is 11.1 Å². The van der Waals surface area contributed by atoms with Crippen LogP contribution in [0.25, 0.3) is 0 Å². The first-order valence-corrected chi connectivity index (χ1v) is 9.89. The van der Waals surface area contributed by atoms with Crippen LogP contribution in [0, 0.1) is 13.8 Å². The molecule has 6 nitrogen and oxygen atoms in total. The van der Waals surface area contributed by atoms with E-state index >= 15 is 0 Å². The van der Waals surface area contributed by atoms with Crippen molar-refractivity contribution in [1.82, 2.24) is 5.43 Å². The summed E-state index contributed by atoms with van der Waals surface area (Å²) in [7, 11) is 0. The highest BCUT2D eigenvalue weighted by Crippen LogP contribution is 2.22. The minimum Gasteiger partial charge on any atom is -0.483 e. The van der Waals surface area contributed by atoms with Gasteiger partial charge in [-0.15, -0.1) is 0 Å². The zero-order valence-electron chi connectivity index (χ0n) is 17.1. The van der Waals surface area contributed by atoms with E-state index in [-0.39, 0.29) is 12.5 Å². The molecule has 0 heterocycles. The van der Waals surface area contributed by atoms with Crippen LogP contribution < -0.4 is 14.9 Å². The van der Waals surface area contributed by atoms with Gasteiger partial charge in [0.05, 0.1) is 16.8 Å². The Kier molecular flexibility index (Phi) is 7.40. The van der Waals surface area contributed by atoms with Crippen molar-refractivity contribution < 1.29 is 19.1 Å². The minimum absolute atomic E-state index is 0.139. The molecule has 1 amide bonds. The lowest BCUT2D eigenvalue weighted by Gasteiger charge is -2.10. The first kappa shape index (κ1) is 22.1. The monoisotopic (exact) mass is 436 g/mol. The van der Waals surface area contributed by atoms with Crippen LogP contribution in [0.15, 0.2) is 71.8 Å². The summed E-state index contributed by atoms with van der Waals surface area (Å²) in [6, 6.07) is 19.1. The van der Waals surface area contributed by atoms with Crippen molar-refractivity contribution in [2.24, 2.45) is 5.10 Å². The molecule has 31 heavy (non-hydrogen) atoms. The number of esters is 1. The van der Waals surface area contributed by atoms with Gasteiger partial charge in [0.25, 0.3) is 5.91 Å². The van der Waals surface area contributed by atoms with Gasteiger partial charge < -0.3 is 9.47 Å². The number of carbonyl (C=O) groups is 2. The highest BCUT2D eigenvalue weighted by atomic mass is 35.5. The number of benzene rings is 3. The van der Waals surface area contributed by atoms with Gasteiger partial charge in [-0.25, -0.2) is 10.2 Å². The second-order valence-corrected chi connectivity index (χ2v) is 7.15. The SMILES string of the molecule is Cc1cccc(C)c1OCC(=O)NN=Cc1ccc(OC(=O)c2ccccc2Cl)cc1. The number of aryl methyl sites for hydroxylation is 2. The normalized spacial score (nSPS) is 10.7. The predicted molar refractivity (Wildman–Crippen MR) is 120 cm³/mol. The number of rotatable bonds is 7. The van der Waals surface area contributed by atoms with Crippen LogP contribution in [0.3, 0.4) is 0 Å². The maximum absolute atomic E-state index is 12.2. The third-order valence-electron chi connectivity index (χ3n) is 4.34. The molecule has 0 radical (unpaired) electrons. The Morgan fingerprint density at radius 3 is 2.32 bits per heavy atom. The summed E-state index contributed by atoms with van der Waals surface area (Å²) in [4.78, 5) is 24.1. The number of para-hydroxylation sites is 1. The van der Waals surface area contributed by atoms with Crippen LogP contribution in [-0.2, 0) is 4.79 Å². The van der Waals surface area contributed by atoms with Gasteiger partial charge in [0.15, 0.2) is 6.61 Å². The largest absolute Gasteiger partial charge is 0.483 e. The van der Waals surface area contributed by atoms with Crippen molar-refractivity contribution in [3.8, 4) is 11.5 Å². The average Bonchev–Trinajstić information content (AvgIpc) is 2.75. The van der Waals surface area contributed by atoms with Crippen molar-refractivity contribution in [3.63, 3.8) is 0 Å². The number of halogens is 1. The predicted octanol–water partition coefficient (Wildman–Crippen LogP) is 4.71. The zero-order valence-corrected chi connectivity index (χ0v) is 17.8. The van der Waals surface area contributed by atoms with E-state index in [1.807, 2.05) is 32.0 Å². The standard InChI is InChI=1S/C24H21ClN2O4/c1-16-6-5-7-17(2)23(16)30-15-22(28)27-26-14-18-10-12-19(13-11-18)31-24(29)20-8-3-4-9-21(20)25/h3-14H,15H2,1-2H3,(H,27,28). The van der Waals surface area contributed by atoms with Gasteiger partial charge in [0.1, 0.15) is 11.5 Å². The molecular formula is C24H21ClN2O4. The lowest BCUT2D eigenvalue weighted by molar-refractivity contribution is -0.123. The third-order valence-corrected chi connectivity index (χ3v) is 4.67. The Balaban J connectivity index is 1.49. The van der Waals surface area contributed by atoms with E-state index in [9.17, 15) is 9.59 Å². The summed E-state index contributed by atoms with van der Waals surface area (Å²) >= 11 is 6.00. The maximum Gasteiger partial charge on any atom is 0.345 e. The molecule has 3 aromatic carbocycles. The zero-order chi connectivity index (χ0) is 22.2. The highest BCUT2D eigenvalue weighted by Gasteiger charge is 2.12. The van der Waals surface area contributed by atoms with Crippen LogP contribution in [0.5, 0.6) is 11.5 Å². The Hall–Kier alpha value is -3.64. The fourth-order valence-electron chi connectivity index (χ4n) is 2.79. The number of carbonyl (C=O) groups excluding carboxylic acids is 2. The molecule has 0 aromatic heterocycles. The lowest BCUT2D eigenvalue weighted by Crippen LogP contribution is -2.25. The maximum atomic E-state index is 12.2. The van der Waals surface area contributed by atoms with Crippen molar-refractivity contribution in [2.75, 3.05) is 6.61 Å². The van der Waals surface area contributed by atoms with E-state index in [1.54, 1.807) is 48.5 Å². The first-order valence-electron chi connectivity index (χ1n) is 9.52. The molecule has 158 valence electrons. The molecule has 3 rings (SSSR count). The summed E-state index contributed by atoms with van der Waals surface area (Å²) in [5.74, 6) is 0.157. The topological polar surface area (TPSA) is 77.0 Å². The summed E-state index contributed by atoms with van der Waals surface area (Å²) < 4.78 is 10.9. The number of nitrogens with zero attached hydrogens (tertiary/aromatic N) is 1. The van der Waals surface area contributed by atoms with Gasteiger partial charge in [-0.2, -0.15) is 5.10 Å². The molecule has 0 saturated heterocycles. The van der Waals surface area contributed by atoms with Crippen LogP contribution in [0.1, 0.15) is 27.0 Å². The average molecular weight is 437 g/mol. The van der Waals surface area contributed by atoms with Gasteiger partial charge >= 0.3 is 5.97 Å².